The Hall–Kier alpha value is -3.22. The molecule has 0 fully saturated rings. The zero-order valence-corrected chi connectivity index (χ0v) is 24.2. The van der Waals surface area contributed by atoms with E-state index in [1.165, 1.54) is 0 Å². The Kier molecular flexibility index (Phi) is 12.0. The van der Waals surface area contributed by atoms with Crippen molar-refractivity contribution in [3.8, 4) is 11.5 Å². The molecule has 0 saturated heterocycles. The van der Waals surface area contributed by atoms with Crippen molar-refractivity contribution >= 4 is 35.0 Å². The Morgan fingerprint density at radius 1 is 0.897 bits per heavy atom. The third kappa shape index (κ3) is 8.64. The van der Waals surface area contributed by atoms with Gasteiger partial charge in [-0.25, -0.2) is 0 Å². The lowest BCUT2D eigenvalue weighted by atomic mass is 10.0. The summed E-state index contributed by atoms with van der Waals surface area (Å²) >= 11 is 13.0. The molecule has 0 bridgehead atoms. The second-order valence-electron chi connectivity index (χ2n) is 9.26. The van der Waals surface area contributed by atoms with Gasteiger partial charge in [0.2, 0.25) is 11.8 Å². The highest BCUT2D eigenvalue weighted by Gasteiger charge is 2.31. The molecule has 6 nitrogen and oxygen atoms in total. The van der Waals surface area contributed by atoms with E-state index in [1.807, 2.05) is 48.5 Å². The van der Waals surface area contributed by atoms with Crippen molar-refractivity contribution in [1.29, 1.82) is 0 Å². The van der Waals surface area contributed by atoms with Crippen LogP contribution in [-0.2, 0) is 29.0 Å². The molecule has 39 heavy (non-hydrogen) atoms. The van der Waals surface area contributed by atoms with E-state index in [2.05, 4.69) is 12.2 Å². The molecule has 0 heterocycles. The summed E-state index contributed by atoms with van der Waals surface area (Å²) in [6.45, 7) is 2.72. The second-order valence-corrected chi connectivity index (χ2v) is 10.1. The van der Waals surface area contributed by atoms with Gasteiger partial charge in [0.25, 0.3) is 0 Å². The Bertz CT molecular complexity index is 1220. The number of ether oxygens (including phenoxy) is 2. The van der Waals surface area contributed by atoms with Crippen molar-refractivity contribution in [3.05, 3.63) is 93.5 Å². The molecule has 208 valence electrons. The number of unbranched alkanes of at least 4 members (excludes halogenated alkanes) is 1. The maximum Gasteiger partial charge on any atom is 0.243 e. The zero-order chi connectivity index (χ0) is 28.2. The number of nitrogens with zero attached hydrogens (tertiary/aromatic N) is 1. The SMILES string of the molecule is CCCCNC(=O)[C@@H](Cc1ccccc1)N(Cc1c(Cl)cccc1Cl)C(=O)CCc1ccc(OC)c(OC)c1. The summed E-state index contributed by atoms with van der Waals surface area (Å²) in [5, 5.41) is 3.92. The van der Waals surface area contributed by atoms with Gasteiger partial charge in [0.1, 0.15) is 6.04 Å². The first kappa shape index (κ1) is 30.3. The summed E-state index contributed by atoms with van der Waals surface area (Å²) in [6, 6.07) is 19.8. The minimum absolute atomic E-state index is 0.113. The van der Waals surface area contributed by atoms with E-state index >= 15 is 0 Å². The van der Waals surface area contributed by atoms with Gasteiger partial charge < -0.3 is 19.7 Å². The van der Waals surface area contributed by atoms with Crippen molar-refractivity contribution < 1.29 is 19.1 Å². The third-order valence-electron chi connectivity index (χ3n) is 6.57. The highest BCUT2D eigenvalue weighted by Crippen LogP contribution is 2.29. The van der Waals surface area contributed by atoms with Crippen LogP contribution in [-0.4, -0.2) is 43.5 Å². The Morgan fingerprint density at radius 2 is 1.59 bits per heavy atom. The number of carbonyl (C=O) groups excluding carboxylic acids is 2. The number of halogens is 2. The molecular formula is C31H36Cl2N2O4. The molecule has 0 aliphatic rings. The Labute approximate surface area is 241 Å². The lowest BCUT2D eigenvalue weighted by Crippen LogP contribution is -2.50. The quantitative estimate of drug-likeness (QED) is 0.225. The van der Waals surface area contributed by atoms with E-state index in [4.69, 9.17) is 32.7 Å². The number of benzene rings is 3. The molecule has 0 spiro atoms. The fourth-order valence-corrected chi connectivity index (χ4v) is 4.86. The maximum absolute atomic E-state index is 13.9. The summed E-state index contributed by atoms with van der Waals surface area (Å²) in [5.74, 6) is 0.843. The van der Waals surface area contributed by atoms with Crippen LogP contribution >= 0.6 is 23.2 Å². The summed E-state index contributed by atoms with van der Waals surface area (Å²) in [4.78, 5) is 29.1. The lowest BCUT2D eigenvalue weighted by Gasteiger charge is -2.32. The van der Waals surface area contributed by atoms with E-state index in [9.17, 15) is 9.59 Å². The third-order valence-corrected chi connectivity index (χ3v) is 7.27. The Morgan fingerprint density at radius 3 is 2.23 bits per heavy atom. The van der Waals surface area contributed by atoms with Crippen molar-refractivity contribution in [2.75, 3.05) is 20.8 Å². The predicted molar refractivity (Wildman–Crippen MR) is 157 cm³/mol. The van der Waals surface area contributed by atoms with Crippen molar-refractivity contribution in [3.63, 3.8) is 0 Å². The second kappa shape index (κ2) is 15.4. The fraction of sp³-hybridized carbons (Fsp3) is 0.355. The molecule has 3 rings (SSSR count). The fourth-order valence-electron chi connectivity index (χ4n) is 4.34. The van der Waals surface area contributed by atoms with Crippen LogP contribution < -0.4 is 14.8 Å². The number of hydrogen-bond donors (Lipinski definition) is 1. The van der Waals surface area contributed by atoms with Crippen molar-refractivity contribution in [2.24, 2.45) is 0 Å². The van der Waals surface area contributed by atoms with Crippen LogP contribution in [0, 0.1) is 0 Å². The molecule has 3 aromatic carbocycles. The molecule has 8 heteroatoms. The van der Waals surface area contributed by atoms with Crippen molar-refractivity contribution in [1.82, 2.24) is 10.2 Å². The number of amides is 2. The van der Waals surface area contributed by atoms with Crippen molar-refractivity contribution in [2.45, 2.75) is 51.6 Å². The molecule has 1 N–H and O–H groups in total. The van der Waals surface area contributed by atoms with Gasteiger partial charge in [0.05, 0.1) is 14.2 Å². The summed E-state index contributed by atoms with van der Waals surface area (Å²) in [7, 11) is 3.16. The molecule has 0 saturated carbocycles. The van der Waals surface area contributed by atoms with Crippen LogP contribution in [0.4, 0.5) is 0 Å². The molecule has 0 unspecified atom stereocenters. The maximum atomic E-state index is 13.9. The smallest absolute Gasteiger partial charge is 0.243 e. The van der Waals surface area contributed by atoms with Gasteiger partial charge in [-0.1, -0.05) is 79.0 Å². The lowest BCUT2D eigenvalue weighted by molar-refractivity contribution is -0.141. The number of rotatable bonds is 14. The van der Waals surface area contributed by atoms with Gasteiger partial charge in [-0.3, -0.25) is 9.59 Å². The van der Waals surface area contributed by atoms with E-state index < -0.39 is 6.04 Å². The van der Waals surface area contributed by atoms with Crippen LogP contribution in [0.5, 0.6) is 11.5 Å². The first-order chi connectivity index (χ1) is 18.9. The molecule has 1 atom stereocenters. The Balaban J connectivity index is 1.93. The molecule has 0 radical (unpaired) electrons. The molecule has 0 aliphatic heterocycles. The molecule has 2 amide bonds. The van der Waals surface area contributed by atoms with Gasteiger partial charge >= 0.3 is 0 Å². The predicted octanol–water partition coefficient (Wildman–Crippen LogP) is 6.50. The molecule has 3 aromatic rings. The van der Waals surface area contributed by atoms with Crippen LogP contribution in [0.2, 0.25) is 10.0 Å². The normalized spacial score (nSPS) is 11.5. The first-order valence-corrected chi connectivity index (χ1v) is 13.9. The molecule has 0 aliphatic carbocycles. The highest BCUT2D eigenvalue weighted by atomic mass is 35.5. The highest BCUT2D eigenvalue weighted by molar-refractivity contribution is 6.36. The number of nitrogens with one attached hydrogen (secondary N) is 1. The number of hydrogen-bond acceptors (Lipinski definition) is 4. The summed E-state index contributed by atoms with van der Waals surface area (Å²) in [5.41, 5.74) is 2.49. The average Bonchev–Trinajstić information content (AvgIpc) is 2.95. The average molecular weight is 572 g/mol. The van der Waals surface area contributed by atoms with Crippen LogP contribution in [0.25, 0.3) is 0 Å². The zero-order valence-electron chi connectivity index (χ0n) is 22.7. The topological polar surface area (TPSA) is 67.9 Å². The number of aryl methyl sites for hydroxylation is 1. The van der Waals surface area contributed by atoms with Crippen LogP contribution in [0.1, 0.15) is 42.9 Å². The summed E-state index contributed by atoms with van der Waals surface area (Å²) < 4.78 is 10.7. The monoisotopic (exact) mass is 570 g/mol. The first-order valence-electron chi connectivity index (χ1n) is 13.1. The van der Waals surface area contributed by atoms with Gasteiger partial charge in [-0.05, 0) is 48.2 Å². The molecule has 0 aromatic heterocycles. The van der Waals surface area contributed by atoms with Gasteiger partial charge in [-0.15, -0.1) is 0 Å². The van der Waals surface area contributed by atoms with Crippen LogP contribution in [0.15, 0.2) is 66.7 Å². The van der Waals surface area contributed by atoms with E-state index in [0.29, 0.717) is 46.5 Å². The number of carbonyl (C=O) groups is 2. The van der Waals surface area contributed by atoms with Gasteiger partial charge in [0.15, 0.2) is 11.5 Å². The largest absolute Gasteiger partial charge is 0.493 e. The summed E-state index contributed by atoms with van der Waals surface area (Å²) in [6.07, 6.45) is 2.82. The molecular weight excluding hydrogens is 535 g/mol. The minimum atomic E-state index is -0.741. The van der Waals surface area contributed by atoms with E-state index in [0.717, 1.165) is 24.0 Å². The van der Waals surface area contributed by atoms with Gasteiger partial charge in [-0.2, -0.15) is 0 Å². The van der Waals surface area contributed by atoms with Gasteiger partial charge in [0, 0.05) is 41.5 Å². The van der Waals surface area contributed by atoms with Crippen LogP contribution in [0.3, 0.4) is 0 Å². The number of methoxy groups -OCH3 is 2. The van der Waals surface area contributed by atoms with E-state index in [1.54, 1.807) is 37.3 Å². The van der Waals surface area contributed by atoms with E-state index in [-0.39, 0.29) is 24.8 Å². The standard InChI is InChI=1S/C31H36Cl2N2O4/c1-4-5-18-34-31(37)27(19-22-10-7-6-8-11-22)35(21-24-25(32)12-9-13-26(24)33)30(36)17-15-23-14-16-28(38-2)29(20-23)39-3/h6-14,16,20,27H,4-5,15,17-19,21H2,1-3H3,(H,34,37)/t27-/m1/s1. The minimum Gasteiger partial charge on any atom is -0.493 e.